The molecule has 0 aromatic rings. The van der Waals surface area contributed by atoms with Crippen LogP contribution in [0, 0.1) is 0 Å². The van der Waals surface area contributed by atoms with E-state index >= 15 is 0 Å². The Labute approximate surface area is 112 Å². The van der Waals surface area contributed by atoms with E-state index in [0.29, 0.717) is 6.61 Å². The molecule has 0 aliphatic heterocycles. The lowest BCUT2D eigenvalue weighted by atomic mass is 10.1. The van der Waals surface area contributed by atoms with Gasteiger partial charge in [0.25, 0.3) is 0 Å². The molecule has 0 spiro atoms. The van der Waals surface area contributed by atoms with Crippen molar-refractivity contribution in [2.45, 2.75) is 58.3 Å². The summed E-state index contributed by atoms with van der Waals surface area (Å²) in [5, 5.41) is 8.70. The van der Waals surface area contributed by atoms with E-state index < -0.39 is 8.07 Å². The second kappa shape index (κ2) is 9.33. The highest BCUT2D eigenvalue weighted by molar-refractivity contribution is 6.77. The van der Waals surface area contributed by atoms with Crippen LogP contribution >= 0.6 is 0 Å². The van der Waals surface area contributed by atoms with Gasteiger partial charge in [0.05, 0.1) is 6.61 Å². The van der Waals surface area contributed by atoms with Gasteiger partial charge in [0.15, 0.2) is 0 Å². The van der Waals surface area contributed by atoms with Crippen molar-refractivity contribution in [1.29, 1.82) is 0 Å². The fourth-order valence-electron chi connectivity index (χ4n) is 1.73. The third kappa shape index (κ3) is 9.42. The summed E-state index contributed by atoms with van der Waals surface area (Å²) < 4.78 is 5.10. The number of aliphatic hydroxyl groups is 1. The van der Waals surface area contributed by atoms with Gasteiger partial charge in [0.1, 0.15) is 0 Å². The molecular weight excluding hydrogens is 244 g/mol. The lowest BCUT2D eigenvalue weighted by Crippen LogP contribution is -2.23. The minimum absolute atomic E-state index is 0.151. The number of unbranched alkanes of at least 4 members (excludes halogenated alkanes) is 3. The number of ether oxygens (including phenoxy) is 1. The molecule has 0 unspecified atom stereocenters. The lowest BCUT2D eigenvalue weighted by molar-refractivity contribution is -0.138. The minimum Gasteiger partial charge on any atom is -0.463 e. The SMILES string of the molecule is CCOC(=O)/C(=C\CCCCCO)C[Si](C)(C)C. The van der Waals surface area contributed by atoms with E-state index in [1.54, 1.807) is 0 Å². The number of rotatable bonds is 9. The fraction of sp³-hybridized carbons (Fsp3) is 0.786. The fourth-order valence-corrected chi connectivity index (χ4v) is 3.16. The van der Waals surface area contributed by atoms with Crippen LogP contribution in [0.2, 0.25) is 25.7 Å². The van der Waals surface area contributed by atoms with Crippen LogP contribution in [0.15, 0.2) is 11.6 Å². The molecule has 0 rings (SSSR count). The molecule has 0 radical (unpaired) electrons. The Hall–Kier alpha value is -0.613. The van der Waals surface area contributed by atoms with Gasteiger partial charge >= 0.3 is 5.97 Å². The van der Waals surface area contributed by atoms with Crippen LogP contribution in [0.25, 0.3) is 0 Å². The second-order valence-corrected chi connectivity index (χ2v) is 11.2. The largest absolute Gasteiger partial charge is 0.463 e. The maximum absolute atomic E-state index is 11.8. The van der Waals surface area contributed by atoms with E-state index in [-0.39, 0.29) is 12.6 Å². The molecule has 18 heavy (non-hydrogen) atoms. The molecule has 0 aliphatic carbocycles. The van der Waals surface area contributed by atoms with Crippen molar-refractivity contribution in [2.24, 2.45) is 0 Å². The van der Waals surface area contributed by atoms with Crippen molar-refractivity contribution in [3.8, 4) is 0 Å². The van der Waals surface area contributed by atoms with E-state index in [0.717, 1.165) is 37.3 Å². The van der Waals surface area contributed by atoms with E-state index in [1.807, 2.05) is 13.0 Å². The lowest BCUT2D eigenvalue weighted by Gasteiger charge is -2.17. The van der Waals surface area contributed by atoms with E-state index in [1.165, 1.54) is 0 Å². The third-order valence-corrected chi connectivity index (χ3v) is 3.95. The molecule has 0 atom stereocenters. The summed E-state index contributed by atoms with van der Waals surface area (Å²) in [6.07, 6.45) is 5.81. The number of carbonyl (C=O) groups is 1. The Bertz CT molecular complexity index is 267. The van der Waals surface area contributed by atoms with Crippen molar-refractivity contribution in [1.82, 2.24) is 0 Å². The molecular formula is C14H28O3Si. The molecule has 0 amide bonds. The normalized spacial score (nSPS) is 12.6. The smallest absolute Gasteiger partial charge is 0.333 e. The summed E-state index contributed by atoms with van der Waals surface area (Å²) in [7, 11) is -1.30. The highest BCUT2D eigenvalue weighted by Crippen LogP contribution is 2.19. The minimum atomic E-state index is -1.30. The summed E-state index contributed by atoms with van der Waals surface area (Å²) in [5.74, 6) is -0.151. The topological polar surface area (TPSA) is 46.5 Å². The number of hydrogen-bond acceptors (Lipinski definition) is 3. The maximum atomic E-state index is 11.8. The van der Waals surface area contributed by atoms with Gasteiger partial charge < -0.3 is 9.84 Å². The van der Waals surface area contributed by atoms with Gasteiger partial charge in [-0.25, -0.2) is 4.79 Å². The first-order valence-electron chi connectivity index (χ1n) is 6.87. The number of carbonyl (C=O) groups excluding carboxylic acids is 1. The average Bonchev–Trinajstić information content (AvgIpc) is 2.26. The molecule has 0 aromatic heterocycles. The zero-order valence-corrected chi connectivity index (χ0v) is 13.3. The van der Waals surface area contributed by atoms with Crippen molar-refractivity contribution >= 4 is 14.0 Å². The molecule has 0 aromatic carbocycles. The Morgan fingerprint density at radius 1 is 1.22 bits per heavy atom. The predicted molar refractivity (Wildman–Crippen MR) is 78.4 cm³/mol. The first-order chi connectivity index (χ1) is 8.40. The number of hydrogen-bond donors (Lipinski definition) is 1. The third-order valence-electron chi connectivity index (χ3n) is 2.51. The molecule has 0 heterocycles. The summed E-state index contributed by atoms with van der Waals surface area (Å²) in [6, 6.07) is 0.881. The van der Waals surface area contributed by atoms with E-state index in [2.05, 4.69) is 19.6 Å². The van der Waals surface area contributed by atoms with Crippen LogP contribution in [0.4, 0.5) is 0 Å². The Kier molecular flexibility index (Phi) is 9.02. The van der Waals surface area contributed by atoms with Gasteiger partial charge in [0, 0.05) is 20.3 Å². The molecule has 0 fully saturated rings. The van der Waals surface area contributed by atoms with Gasteiger partial charge in [-0.15, -0.1) is 0 Å². The molecule has 0 aliphatic rings. The van der Waals surface area contributed by atoms with E-state index in [4.69, 9.17) is 9.84 Å². The Morgan fingerprint density at radius 3 is 2.39 bits per heavy atom. The van der Waals surface area contributed by atoms with Gasteiger partial charge in [-0.2, -0.15) is 0 Å². The number of allylic oxidation sites excluding steroid dienone is 1. The molecule has 0 saturated heterocycles. The van der Waals surface area contributed by atoms with Crippen molar-refractivity contribution < 1.29 is 14.6 Å². The highest BCUT2D eigenvalue weighted by atomic mass is 28.3. The quantitative estimate of drug-likeness (QED) is 0.303. The van der Waals surface area contributed by atoms with Gasteiger partial charge in [-0.1, -0.05) is 32.1 Å². The van der Waals surface area contributed by atoms with Gasteiger partial charge in [-0.05, 0) is 32.2 Å². The molecule has 3 nitrogen and oxygen atoms in total. The van der Waals surface area contributed by atoms with E-state index in [9.17, 15) is 4.79 Å². The zero-order chi connectivity index (χ0) is 14.0. The first kappa shape index (κ1) is 17.4. The van der Waals surface area contributed by atoms with Crippen LogP contribution in [0.3, 0.4) is 0 Å². The second-order valence-electron chi connectivity index (χ2n) is 5.76. The first-order valence-corrected chi connectivity index (χ1v) is 10.6. The number of esters is 1. The van der Waals surface area contributed by atoms with Crippen LogP contribution in [-0.4, -0.2) is 32.4 Å². The Balaban J connectivity index is 4.36. The van der Waals surface area contributed by atoms with Crippen LogP contribution in [0.5, 0.6) is 0 Å². The summed E-state index contributed by atoms with van der Waals surface area (Å²) in [4.78, 5) is 11.8. The standard InChI is InChI=1S/C14H28O3Si/c1-5-17-14(16)13(12-18(2,3)4)10-8-6-7-9-11-15/h10,15H,5-9,11-12H2,1-4H3/b13-10-. The molecule has 106 valence electrons. The summed E-state index contributed by atoms with van der Waals surface area (Å²) in [6.45, 7) is 9.30. The van der Waals surface area contributed by atoms with Crippen molar-refractivity contribution in [2.75, 3.05) is 13.2 Å². The number of aliphatic hydroxyl groups excluding tert-OH is 1. The average molecular weight is 272 g/mol. The molecule has 4 heteroatoms. The van der Waals surface area contributed by atoms with Crippen LogP contribution in [0.1, 0.15) is 32.6 Å². The maximum Gasteiger partial charge on any atom is 0.333 e. The van der Waals surface area contributed by atoms with Crippen molar-refractivity contribution in [3.63, 3.8) is 0 Å². The molecule has 0 bridgehead atoms. The highest BCUT2D eigenvalue weighted by Gasteiger charge is 2.20. The van der Waals surface area contributed by atoms with Gasteiger partial charge in [0.2, 0.25) is 0 Å². The van der Waals surface area contributed by atoms with Crippen molar-refractivity contribution in [3.05, 3.63) is 11.6 Å². The predicted octanol–water partition coefficient (Wildman–Crippen LogP) is 3.37. The Morgan fingerprint density at radius 2 is 1.89 bits per heavy atom. The van der Waals surface area contributed by atoms with Crippen LogP contribution < -0.4 is 0 Å². The summed E-state index contributed by atoms with van der Waals surface area (Å²) >= 11 is 0. The monoisotopic (exact) mass is 272 g/mol. The zero-order valence-electron chi connectivity index (χ0n) is 12.3. The molecule has 1 N–H and O–H groups in total. The molecule has 0 saturated carbocycles. The van der Waals surface area contributed by atoms with Crippen LogP contribution in [-0.2, 0) is 9.53 Å². The summed E-state index contributed by atoms with van der Waals surface area (Å²) in [5.41, 5.74) is 0.847. The van der Waals surface area contributed by atoms with Gasteiger partial charge in [-0.3, -0.25) is 0 Å².